The standard InChI is InChI=1S/C24H27FN4O2/c1-3-6-22-26-15-19(21-13-16(2)28-31-21)24(27-22)20-7-4-5-12-29(20)23(30)14-17-8-10-18(25)11-9-17/h8-11,13,15,20H,3-7,12,14H2,1-2H3/t20-/m1/s1. The van der Waals surface area contributed by atoms with Gasteiger partial charge < -0.3 is 9.42 Å². The van der Waals surface area contributed by atoms with Crippen molar-refractivity contribution >= 4 is 5.91 Å². The first kappa shape index (κ1) is 21.2. The fraction of sp³-hybridized carbons (Fsp3) is 0.417. The largest absolute Gasteiger partial charge is 0.356 e. The van der Waals surface area contributed by atoms with Gasteiger partial charge in [0.2, 0.25) is 5.91 Å². The second-order valence-electron chi connectivity index (χ2n) is 8.07. The Morgan fingerprint density at radius 2 is 2.06 bits per heavy atom. The van der Waals surface area contributed by atoms with E-state index in [0.717, 1.165) is 60.4 Å². The summed E-state index contributed by atoms with van der Waals surface area (Å²) in [5, 5.41) is 4.01. The predicted molar refractivity (Wildman–Crippen MR) is 115 cm³/mol. The zero-order valence-corrected chi connectivity index (χ0v) is 18.0. The number of benzene rings is 1. The van der Waals surface area contributed by atoms with Crippen LogP contribution in [0.25, 0.3) is 11.3 Å². The van der Waals surface area contributed by atoms with Crippen LogP contribution in [0.3, 0.4) is 0 Å². The van der Waals surface area contributed by atoms with Crippen LogP contribution in [0.2, 0.25) is 0 Å². The molecule has 0 bridgehead atoms. The molecule has 1 fully saturated rings. The van der Waals surface area contributed by atoms with Gasteiger partial charge in [-0.1, -0.05) is 24.2 Å². The molecule has 0 radical (unpaired) electrons. The zero-order chi connectivity index (χ0) is 21.8. The zero-order valence-electron chi connectivity index (χ0n) is 18.0. The lowest BCUT2D eigenvalue weighted by molar-refractivity contribution is -0.134. The molecular formula is C24H27FN4O2. The molecule has 1 aliphatic rings. The Morgan fingerprint density at radius 3 is 2.77 bits per heavy atom. The minimum absolute atomic E-state index is 0.0201. The van der Waals surface area contributed by atoms with E-state index in [4.69, 9.17) is 9.51 Å². The highest BCUT2D eigenvalue weighted by Gasteiger charge is 2.32. The number of piperidine rings is 1. The summed E-state index contributed by atoms with van der Waals surface area (Å²) in [6, 6.07) is 7.83. The molecule has 3 aromatic rings. The Kier molecular flexibility index (Phi) is 6.39. The molecule has 1 aromatic carbocycles. The number of aromatic nitrogens is 3. The maximum Gasteiger partial charge on any atom is 0.227 e. The lowest BCUT2D eigenvalue weighted by Gasteiger charge is -2.36. The third kappa shape index (κ3) is 4.81. The summed E-state index contributed by atoms with van der Waals surface area (Å²) >= 11 is 0. The first-order valence-corrected chi connectivity index (χ1v) is 10.9. The maximum absolute atomic E-state index is 13.3. The van der Waals surface area contributed by atoms with Gasteiger partial charge in [0.1, 0.15) is 11.6 Å². The Hall–Kier alpha value is -3.09. The molecule has 0 saturated carbocycles. The lowest BCUT2D eigenvalue weighted by atomic mass is 9.94. The number of carbonyl (C=O) groups excluding carboxylic acids is 1. The van der Waals surface area contributed by atoms with Crippen LogP contribution in [0.1, 0.15) is 61.4 Å². The number of aryl methyl sites for hydroxylation is 2. The average molecular weight is 423 g/mol. The summed E-state index contributed by atoms with van der Waals surface area (Å²) in [4.78, 5) is 24.6. The number of amides is 1. The molecule has 3 heterocycles. The molecule has 1 saturated heterocycles. The smallest absolute Gasteiger partial charge is 0.227 e. The Labute approximate surface area is 181 Å². The summed E-state index contributed by atoms with van der Waals surface area (Å²) in [7, 11) is 0. The van der Waals surface area contributed by atoms with E-state index in [1.807, 2.05) is 17.9 Å². The van der Waals surface area contributed by atoms with E-state index in [0.29, 0.717) is 12.3 Å². The van der Waals surface area contributed by atoms with E-state index in [1.165, 1.54) is 12.1 Å². The fourth-order valence-corrected chi connectivity index (χ4v) is 4.10. The van der Waals surface area contributed by atoms with Gasteiger partial charge in [0.05, 0.1) is 29.4 Å². The Morgan fingerprint density at radius 1 is 1.26 bits per heavy atom. The highest BCUT2D eigenvalue weighted by molar-refractivity contribution is 5.79. The Balaban J connectivity index is 1.68. The number of nitrogens with zero attached hydrogens (tertiary/aromatic N) is 4. The molecule has 1 aliphatic heterocycles. The van der Waals surface area contributed by atoms with Gasteiger partial charge >= 0.3 is 0 Å². The van der Waals surface area contributed by atoms with E-state index < -0.39 is 0 Å². The predicted octanol–water partition coefficient (Wildman–Crippen LogP) is 4.83. The third-order valence-corrected chi connectivity index (χ3v) is 5.64. The van der Waals surface area contributed by atoms with E-state index in [9.17, 15) is 9.18 Å². The summed E-state index contributed by atoms with van der Waals surface area (Å²) < 4.78 is 18.8. The van der Waals surface area contributed by atoms with Gasteiger partial charge in [0.25, 0.3) is 0 Å². The molecule has 0 N–H and O–H groups in total. The van der Waals surface area contributed by atoms with Crippen LogP contribution in [-0.2, 0) is 17.6 Å². The monoisotopic (exact) mass is 422 g/mol. The van der Waals surface area contributed by atoms with Gasteiger partial charge in [-0.3, -0.25) is 4.79 Å². The molecule has 1 atom stereocenters. The molecule has 6 nitrogen and oxygen atoms in total. The van der Waals surface area contributed by atoms with Gasteiger partial charge in [0.15, 0.2) is 5.76 Å². The molecular weight excluding hydrogens is 395 g/mol. The maximum atomic E-state index is 13.3. The highest BCUT2D eigenvalue weighted by atomic mass is 19.1. The minimum atomic E-state index is -0.302. The normalized spacial score (nSPS) is 16.5. The van der Waals surface area contributed by atoms with Crippen molar-refractivity contribution in [1.82, 2.24) is 20.0 Å². The van der Waals surface area contributed by atoms with Crippen LogP contribution < -0.4 is 0 Å². The summed E-state index contributed by atoms with van der Waals surface area (Å²) in [5.74, 6) is 1.11. The van der Waals surface area contributed by atoms with Crippen LogP contribution in [0.5, 0.6) is 0 Å². The molecule has 7 heteroatoms. The number of halogens is 1. The van der Waals surface area contributed by atoms with Crippen molar-refractivity contribution in [3.63, 3.8) is 0 Å². The number of carbonyl (C=O) groups is 1. The van der Waals surface area contributed by atoms with Gasteiger partial charge in [-0.25, -0.2) is 14.4 Å². The second-order valence-corrected chi connectivity index (χ2v) is 8.07. The SMILES string of the molecule is CCCc1ncc(-c2cc(C)no2)c([C@H]2CCCCN2C(=O)Cc2ccc(F)cc2)n1. The van der Waals surface area contributed by atoms with Gasteiger partial charge in [-0.15, -0.1) is 0 Å². The average Bonchev–Trinajstić information content (AvgIpc) is 3.21. The van der Waals surface area contributed by atoms with Crippen molar-refractivity contribution in [3.05, 3.63) is 65.1 Å². The van der Waals surface area contributed by atoms with Gasteiger partial charge in [-0.2, -0.15) is 0 Å². The molecule has 31 heavy (non-hydrogen) atoms. The topological polar surface area (TPSA) is 72.1 Å². The van der Waals surface area contributed by atoms with E-state index >= 15 is 0 Å². The minimum Gasteiger partial charge on any atom is -0.356 e. The molecule has 4 rings (SSSR count). The van der Waals surface area contributed by atoms with Crippen molar-refractivity contribution in [3.8, 4) is 11.3 Å². The molecule has 0 spiro atoms. The summed E-state index contributed by atoms with van der Waals surface area (Å²) in [6.07, 6.45) is 6.56. The van der Waals surface area contributed by atoms with Gasteiger partial charge in [0, 0.05) is 25.2 Å². The van der Waals surface area contributed by atoms with Crippen molar-refractivity contribution in [2.24, 2.45) is 0 Å². The van der Waals surface area contributed by atoms with E-state index in [2.05, 4.69) is 17.1 Å². The number of rotatable bonds is 6. The van der Waals surface area contributed by atoms with E-state index in [1.54, 1.807) is 18.3 Å². The van der Waals surface area contributed by atoms with Crippen LogP contribution in [0.4, 0.5) is 4.39 Å². The van der Waals surface area contributed by atoms with Gasteiger partial charge in [-0.05, 0) is 50.3 Å². The van der Waals surface area contributed by atoms with Crippen molar-refractivity contribution in [2.75, 3.05) is 6.54 Å². The summed E-state index contributed by atoms with van der Waals surface area (Å²) in [5.41, 5.74) is 3.19. The Bertz CT molecular complexity index is 1050. The van der Waals surface area contributed by atoms with E-state index in [-0.39, 0.29) is 24.2 Å². The molecule has 2 aromatic heterocycles. The quantitative estimate of drug-likeness (QED) is 0.569. The first-order chi connectivity index (χ1) is 15.0. The number of likely N-dealkylation sites (tertiary alicyclic amines) is 1. The first-order valence-electron chi connectivity index (χ1n) is 10.9. The lowest BCUT2D eigenvalue weighted by Crippen LogP contribution is -2.40. The summed E-state index contributed by atoms with van der Waals surface area (Å²) in [6.45, 7) is 4.64. The fourth-order valence-electron chi connectivity index (χ4n) is 4.10. The molecule has 162 valence electrons. The molecule has 1 amide bonds. The molecule has 0 aliphatic carbocycles. The van der Waals surface area contributed by atoms with Crippen LogP contribution >= 0.6 is 0 Å². The van der Waals surface area contributed by atoms with Crippen LogP contribution in [-0.4, -0.2) is 32.5 Å². The second kappa shape index (κ2) is 9.37. The van der Waals surface area contributed by atoms with Crippen molar-refractivity contribution < 1.29 is 13.7 Å². The van der Waals surface area contributed by atoms with Crippen molar-refractivity contribution in [1.29, 1.82) is 0 Å². The van der Waals surface area contributed by atoms with Crippen LogP contribution in [0, 0.1) is 12.7 Å². The highest BCUT2D eigenvalue weighted by Crippen LogP contribution is 2.36. The number of hydrogen-bond donors (Lipinski definition) is 0. The molecule has 0 unspecified atom stereocenters. The van der Waals surface area contributed by atoms with Crippen LogP contribution in [0.15, 0.2) is 41.1 Å². The number of hydrogen-bond acceptors (Lipinski definition) is 5. The van der Waals surface area contributed by atoms with Crippen molar-refractivity contribution in [2.45, 2.75) is 58.4 Å². The third-order valence-electron chi connectivity index (χ3n) is 5.64.